The van der Waals surface area contributed by atoms with Crippen LogP contribution in [0.1, 0.15) is 48.6 Å². The van der Waals surface area contributed by atoms with E-state index in [1.807, 2.05) is 47.4 Å². The van der Waals surface area contributed by atoms with Crippen molar-refractivity contribution in [2.75, 3.05) is 0 Å². The molecule has 0 radical (unpaired) electrons. The first kappa shape index (κ1) is 20.4. The van der Waals surface area contributed by atoms with Crippen LogP contribution in [0.3, 0.4) is 0 Å². The van der Waals surface area contributed by atoms with E-state index in [4.69, 9.17) is 9.73 Å². The van der Waals surface area contributed by atoms with Gasteiger partial charge in [-0.25, -0.2) is 0 Å². The summed E-state index contributed by atoms with van der Waals surface area (Å²) in [4.78, 5) is 21.0. The first-order valence-electron chi connectivity index (χ1n) is 11.9. The summed E-state index contributed by atoms with van der Waals surface area (Å²) in [5.41, 5.74) is 3.68. The molecule has 3 aromatic rings. The summed E-state index contributed by atoms with van der Waals surface area (Å²) in [6, 6.07) is 31.0. The molecule has 166 valence electrons. The molecule has 0 N–H and O–H groups in total. The lowest BCUT2D eigenvalue weighted by molar-refractivity contribution is -0.151. The van der Waals surface area contributed by atoms with Crippen molar-refractivity contribution in [3.8, 4) is 0 Å². The molecule has 1 spiro atoms. The molecule has 0 aromatic heterocycles. The molecule has 1 aliphatic carbocycles. The van der Waals surface area contributed by atoms with Crippen LogP contribution in [0.4, 0.5) is 0 Å². The van der Waals surface area contributed by atoms with E-state index in [9.17, 15) is 4.79 Å². The molecule has 2 aliphatic heterocycles. The van der Waals surface area contributed by atoms with Crippen LogP contribution in [0, 0.1) is 11.8 Å². The normalized spacial score (nSPS) is 30.6. The topological polar surface area (TPSA) is 41.9 Å². The van der Waals surface area contributed by atoms with Gasteiger partial charge in [-0.15, -0.1) is 0 Å². The lowest BCUT2D eigenvalue weighted by Crippen LogP contribution is -2.52. The highest BCUT2D eigenvalue weighted by Gasteiger charge is 2.62. The summed E-state index contributed by atoms with van der Waals surface area (Å²) in [7, 11) is 0. The fourth-order valence-electron chi connectivity index (χ4n) is 5.93. The highest BCUT2D eigenvalue weighted by Crippen LogP contribution is 2.54. The molecule has 4 nitrogen and oxygen atoms in total. The van der Waals surface area contributed by atoms with Crippen LogP contribution in [0.2, 0.25) is 0 Å². The lowest BCUT2D eigenvalue weighted by atomic mass is 9.78. The average molecular weight is 437 g/mol. The number of fused-ring (bicyclic) bond motifs is 1. The predicted molar refractivity (Wildman–Crippen MR) is 128 cm³/mol. The maximum absolute atomic E-state index is 13.9. The lowest BCUT2D eigenvalue weighted by Gasteiger charge is -2.37. The number of carbonyl (C=O) groups is 1. The first-order valence-corrected chi connectivity index (χ1v) is 11.9. The molecule has 3 aliphatic rings. The zero-order chi connectivity index (χ0) is 22.4. The van der Waals surface area contributed by atoms with E-state index >= 15 is 0 Å². The van der Waals surface area contributed by atoms with Crippen LogP contribution in [-0.4, -0.2) is 22.2 Å². The monoisotopic (exact) mass is 436 g/mol. The van der Waals surface area contributed by atoms with Crippen LogP contribution >= 0.6 is 0 Å². The van der Waals surface area contributed by atoms with Gasteiger partial charge in [-0.05, 0) is 29.4 Å². The SMILES string of the molecule is C[C@H]1[C@@H]2C[C@@]3(O[C@H](c4ccccc4)N=C3C[C@@H]1c1ccccc1)N(Cc1ccccc1)C2=O. The van der Waals surface area contributed by atoms with Crippen molar-refractivity contribution in [1.29, 1.82) is 0 Å². The maximum Gasteiger partial charge on any atom is 0.229 e. The van der Waals surface area contributed by atoms with Gasteiger partial charge in [-0.2, -0.15) is 0 Å². The molecule has 5 atom stereocenters. The molecule has 0 unspecified atom stereocenters. The van der Waals surface area contributed by atoms with Crippen molar-refractivity contribution in [2.24, 2.45) is 16.8 Å². The Morgan fingerprint density at radius 1 is 0.879 bits per heavy atom. The molecule has 2 bridgehead atoms. The molecule has 2 fully saturated rings. The summed E-state index contributed by atoms with van der Waals surface area (Å²) in [6.45, 7) is 2.77. The standard InChI is InChI=1S/C29H28N2O2/c1-20-24(22-13-7-3-8-14-22)17-26-29(33-27(30-26)23-15-9-4-10-16-23)18-25(20)28(32)31(29)19-21-11-5-2-6-12-21/h2-16,20,24-25,27H,17-19H2,1H3/t20-,24+,25+,27-,29+/m1/s1. The predicted octanol–water partition coefficient (Wildman–Crippen LogP) is 5.73. The van der Waals surface area contributed by atoms with Crippen molar-refractivity contribution < 1.29 is 9.53 Å². The number of hydrogen-bond donors (Lipinski definition) is 0. The van der Waals surface area contributed by atoms with Crippen molar-refractivity contribution in [3.05, 3.63) is 108 Å². The molecular formula is C29H28N2O2. The van der Waals surface area contributed by atoms with E-state index in [0.717, 1.165) is 23.3 Å². The minimum atomic E-state index is -0.768. The third kappa shape index (κ3) is 3.32. The van der Waals surface area contributed by atoms with E-state index in [-0.39, 0.29) is 29.9 Å². The van der Waals surface area contributed by atoms with Gasteiger partial charge in [0.25, 0.3) is 0 Å². The Morgan fingerprint density at radius 2 is 1.48 bits per heavy atom. The number of aliphatic imine (C=N–C) groups is 1. The molecule has 1 amide bonds. The van der Waals surface area contributed by atoms with Crippen LogP contribution in [-0.2, 0) is 16.1 Å². The van der Waals surface area contributed by atoms with Gasteiger partial charge in [-0.1, -0.05) is 97.9 Å². The molecular weight excluding hydrogens is 408 g/mol. The minimum Gasteiger partial charge on any atom is -0.321 e. The van der Waals surface area contributed by atoms with Gasteiger partial charge >= 0.3 is 0 Å². The number of amides is 1. The van der Waals surface area contributed by atoms with Gasteiger partial charge in [0.05, 0.1) is 5.71 Å². The molecule has 4 heteroatoms. The smallest absolute Gasteiger partial charge is 0.229 e. The Labute approximate surface area is 194 Å². The van der Waals surface area contributed by atoms with Crippen molar-refractivity contribution in [2.45, 2.75) is 44.2 Å². The van der Waals surface area contributed by atoms with E-state index in [1.54, 1.807) is 0 Å². The van der Waals surface area contributed by atoms with E-state index < -0.39 is 5.72 Å². The zero-order valence-electron chi connectivity index (χ0n) is 18.8. The highest BCUT2D eigenvalue weighted by atomic mass is 16.6. The van der Waals surface area contributed by atoms with Gasteiger partial charge in [0.15, 0.2) is 12.0 Å². The van der Waals surface area contributed by atoms with Crippen LogP contribution in [0.25, 0.3) is 0 Å². The quantitative estimate of drug-likeness (QED) is 0.524. The second kappa shape index (κ2) is 7.96. The zero-order valence-corrected chi connectivity index (χ0v) is 18.8. The van der Waals surface area contributed by atoms with Crippen LogP contribution in [0.5, 0.6) is 0 Å². The minimum absolute atomic E-state index is 0.0823. The van der Waals surface area contributed by atoms with Gasteiger partial charge in [0, 0.05) is 24.4 Å². The molecule has 1 saturated carbocycles. The van der Waals surface area contributed by atoms with Gasteiger partial charge in [0.2, 0.25) is 5.91 Å². The molecule has 33 heavy (non-hydrogen) atoms. The Balaban J connectivity index is 1.44. The largest absolute Gasteiger partial charge is 0.321 e. The summed E-state index contributed by atoms with van der Waals surface area (Å²) in [6.07, 6.45) is 1.10. The number of nitrogens with zero attached hydrogens (tertiary/aromatic N) is 2. The fraction of sp³-hybridized carbons (Fsp3) is 0.310. The van der Waals surface area contributed by atoms with E-state index in [0.29, 0.717) is 13.0 Å². The van der Waals surface area contributed by atoms with Gasteiger partial charge in [-0.3, -0.25) is 9.79 Å². The second-order valence-corrected chi connectivity index (χ2v) is 9.54. The molecule has 2 heterocycles. The van der Waals surface area contributed by atoms with Crippen molar-refractivity contribution in [1.82, 2.24) is 4.90 Å². The highest BCUT2D eigenvalue weighted by molar-refractivity contribution is 6.01. The Bertz CT molecular complexity index is 1180. The second-order valence-electron chi connectivity index (χ2n) is 9.54. The Kier molecular flexibility index (Phi) is 4.92. The summed E-state index contributed by atoms with van der Waals surface area (Å²) >= 11 is 0. The number of benzene rings is 3. The molecule has 6 rings (SSSR count). The number of likely N-dealkylation sites (tertiary alicyclic amines) is 1. The molecule has 3 aromatic carbocycles. The fourth-order valence-corrected chi connectivity index (χ4v) is 5.93. The number of carbonyl (C=O) groups excluding carboxylic acids is 1. The van der Waals surface area contributed by atoms with E-state index in [2.05, 4.69) is 55.5 Å². The van der Waals surface area contributed by atoms with Crippen molar-refractivity contribution in [3.63, 3.8) is 0 Å². The summed E-state index contributed by atoms with van der Waals surface area (Å²) < 4.78 is 6.80. The number of ether oxygens (including phenoxy) is 1. The average Bonchev–Trinajstić information content (AvgIpc) is 3.32. The maximum atomic E-state index is 13.9. The Hall–Kier alpha value is -3.24. The van der Waals surface area contributed by atoms with Gasteiger partial charge < -0.3 is 9.64 Å². The first-order chi connectivity index (χ1) is 16.2. The third-order valence-electron chi connectivity index (χ3n) is 7.73. The summed E-state index contributed by atoms with van der Waals surface area (Å²) in [5, 5.41) is 0. The van der Waals surface area contributed by atoms with E-state index in [1.165, 1.54) is 5.56 Å². The summed E-state index contributed by atoms with van der Waals surface area (Å²) in [5.74, 6) is 0.567. The van der Waals surface area contributed by atoms with Crippen molar-refractivity contribution >= 4 is 11.6 Å². The Morgan fingerprint density at radius 3 is 2.15 bits per heavy atom. The molecule has 1 saturated heterocycles. The van der Waals surface area contributed by atoms with Crippen LogP contribution < -0.4 is 0 Å². The third-order valence-corrected chi connectivity index (χ3v) is 7.73. The van der Waals surface area contributed by atoms with Gasteiger partial charge in [0.1, 0.15) is 0 Å². The number of rotatable bonds is 4. The number of hydrogen-bond acceptors (Lipinski definition) is 3. The van der Waals surface area contributed by atoms with Crippen LogP contribution in [0.15, 0.2) is 96.0 Å².